The molecule has 1 saturated heterocycles. The Hall–Kier alpha value is -1.65. The third-order valence-electron chi connectivity index (χ3n) is 3.87. The van der Waals surface area contributed by atoms with Crippen LogP contribution in [0.15, 0.2) is 42.7 Å². The zero-order valence-corrected chi connectivity index (χ0v) is 12.9. The summed E-state index contributed by atoms with van der Waals surface area (Å²) in [7, 11) is 2.16. The van der Waals surface area contributed by atoms with E-state index in [2.05, 4.69) is 51.1 Å². The van der Waals surface area contributed by atoms with E-state index < -0.39 is 0 Å². The highest BCUT2D eigenvalue weighted by atomic mass is 35.5. The van der Waals surface area contributed by atoms with Gasteiger partial charge in [-0.25, -0.2) is 4.98 Å². The normalized spacial score (nSPS) is 19.7. The van der Waals surface area contributed by atoms with E-state index in [1.807, 2.05) is 12.3 Å². The summed E-state index contributed by atoms with van der Waals surface area (Å²) in [6.07, 6.45) is 3.56. The molecular formula is C16H19ClN4. The molecule has 1 aromatic heterocycles. The lowest BCUT2D eigenvalue weighted by atomic mass is 10.0. The summed E-state index contributed by atoms with van der Waals surface area (Å²) >= 11 is 5.89. The topological polar surface area (TPSA) is 32.3 Å². The number of anilines is 1. The molecule has 21 heavy (non-hydrogen) atoms. The maximum absolute atomic E-state index is 5.89. The van der Waals surface area contributed by atoms with Crippen LogP contribution in [0.2, 0.25) is 0 Å². The largest absolute Gasteiger partial charge is 0.346 e. The average Bonchev–Trinajstić information content (AvgIpc) is 2.55. The van der Waals surface area contributed by atoms with Crippen LogP contribution in [0.4, 0.5) is 5.82 Å². The maximum atomic E-state index is 5.89. The molecule has 0 N–H and O–H groups in total. The van der Waals surface area contributed by atoms with E-state index >= 15 is 0 Å². The number of rotatable bonds is 3. The first-order valence-corrected chi connectivity index (χ1v) is 7.68. The van der Waals surface area contributed by atoms with Gasteiger partial charge in [-0.1, -0.05) is 30.3 Å². The van der Waals surface area contributed by atoms with Crippen molar-refractivity contribution in [3.63, 3.8) is 0 Å². The van der Waals surface area contributed by atoms with Gasteiger partial charge in [-0.05, 0) is 12.6 Å². The molecule has 0 bridgehead atoms. The van der Waals surface area contributed by atoms with Crippen molar-refractivity contribution in [1.29, 1.82) is 0 Å². The third kappa shape index (κ3) is 3.17. The summed E-state index contributed by atoms with van der Waals surface area (Å²) in [6.45, 7) is 2.95. The number of benzene rings is 1. The van der Waals surface area contributed by atoms with E-state index in [9.17, 15) is 0 Å². The fourth-order valence-electron chi connectivity index (χ4n) is 2.75. The van der Waals surface area contributed by atoms with Crippen LogP contribution in [0.3, 0.4) is 0 Å². The summed E-state index contributed by atoms with van der Waals surface area (Å²) in [5.74, 6) is 1.31. The summed E-state index contributed by atoms with van der Waals surface area (Å²) < 4.78 is 0. The van der Waals surface area contributed by atoms with Crippen LogP contribution >= 0.6 is 11.6 Å². The van der Waals surface area contributed by atoms with Gasteiger partial charge in [0.25, 0.3) is 0 Å². The van der Waals surface area contributed by atoms with Crippen LogP contribution in [-0.4, -0.2) is 41.5 Å². The zero-order chi connectivity index (χ0) is 14.7. The number of hydrogen-bond donors (Lipinski definition) is 0. The van der Waals surface area contributed by atoms with Gasteiger partial charge in [0, 0.05) is 25.8 Å². The summed E-state index contributed by atoms with van der Waals surface area (Å²) in [5, 5.41) is 0. The first-order chi connectivity index (χ1) is 10.3. The van der Waals surface area contributed by atoms with Gasteiger partial charge in [-0.15, -0.1) is 11.6 Å². The van der Waals surface area contributed by atoms with Gasteiger partial charge in [0.15, 0.2) is 0 Å². The molecule has 110 valence electrons. The lowest BCUT2D eigenvalue weighted by Crippen LogP contribution is -2.47. The van der Waals surface area contributed by atoms with E-state index in [-0.39, 0.29) is 0 Å². The van der Waals surface area contributed by atoms with E-state index in [4.69, 9.17) is 11.6 Å². The van der Waals surface area contributed by atoms with Crippen molar-refractivity contribution in [1.82, 2.24) is 14.9 Å². The van der Waals surface area contributed by atoms with Crippen molar-refractivity contribution in [2.75, 3.05) is 31.6 Å². The maximum Gasteiger partial charge on any atom is 0.148 e. The van der Waals surface area contributed by atoms with Crippen molar-refractivity contribution >= 4 is 17.4 Å². The lowest BCUT2D eigenvalue weighted by Gasteiger charge is -2.41. The monoisotopic (exact) mass is 302 g/mol. The van der Waals surface area contributed by atoms with Crippen molar-refractivity contribution in [3.8, 4) is 0 Å². The number of nitrogens with zero attached hydrogens (tertiary/aromatic N) is 4. The molecule has 0 aliphatic carbocycles. The molecular weight excluding hydrogens is 284 g/mol. The first-order valence-electron chi connectivity index (χ1n) is 7.15. The average molecular weight is 303 g/mol. The van der Waals surface area contributed by atoms with Gasteiger partial charge in [0.2, 0.25) is 0 Å². The van der Waals surface area contributed by atoms with E-state index in [1.165, 1.54) is 5.56 Å². The Morgan fingerprint density at radius 1 is 1.19 bits per heavy atom. The van der Waals surface area contributed by atoms with Crippen LogP contribution in [0, 0.1) is 0 Å². The standard InChI is InChI=1S/C16H19ClN4/c1-20-7-8-21(16-11-18-10-14(9-17)19-16)15(12-20)13-5-3-2-4-6-13/h2-6,10-11,15H,7-9,12H2,1H3. The third-order valence-corrected chi connectivity index (χ3v) is 4.14. The van der Waals surface area contributed by atoms with Gasteiger partial charge in [0.05, 0.1) is 23.8 Å². The highest BCUT2D eigenvalue weighted by molar-refractivity contribution is 6.16. The van der Waals surface area contributed by atoms with Crippen molar-refractivity contribution in [2.45, 2.75) is 11.9 Å². The van der Waals surface area contributed by atoms with E-state index in [0.717, 1.165) is 31.1 Å². The van der Waals surface area contributed by atoms with Crippen molar-refractivity contribution < 1.29 is 0 Å². The summed E-state index contributed by atoms with van der Waals surface area (Å²) in [4.78, 5) is 13.6. The SMILES string of the molecule is CN1CCN(c2cncc(CCl)n2)C(c2ccccc2)C1. The zero-order valence-electron chi connectivity index (χ0n) is 12.1. The number of halogens is 1. The van der Waals surface area contributed by atoms with Crippen LogP contribution in [0.1, 0.15) is 17.3 Å². The Balaban J connectivity index is 1.94. The fraction of sp³-hybridized carbons (Fsp3) is 0.375. The highest BCUT2D eigenvalue weighted by Crippen LogP contribution is 2.28. The quantitative estimate of drug-likeness (QED) is 0.816. The Kier molecular flexibility index (Phi) is 4.36. The molecule has 1 aliphatic heterocycles. The Morgan fingerprint density at radius 3 is 2.76 bits per heavy atom. The predicted molar refractivity (Wildman–Crippen MR) is 85.6 cm³/mol. The first kappa shape index (κ1) is 14.3. The molecule has 0 radical (unpaired) electrons. The minimum atomic E-state index is 0.296. The smallest absolute Gasteiger partial charge is 0.148 e. The Bertz CT molecular complexity index is 590. The van der Waals surface area contributed by atoms with Gasteiger partial charge in [0.1, 0.15) is 5.82 Å². The second-order valence-corrected chi connectivity index (χ2v) is 5.65. The molecule has 1 aromatic carbocycles. The Morgan fingerprint density at radius 2 is 2.00 bits per heavy atom. The van der Waals surface area contributed by atoms with Crippen LogP contribution in [-0.2, 0) is 5.88 Å². The molecule has 2 aromatic rings. The molecule has 1 fully saturated rings. The van der Waals surface area contributed by atoms with Crippen LogP contribution in [0.25, 0.3) is 0 Å². The van der Waals surface area contributed by atoms with Crippen molar-refractivity contribution in [2.24, 2.45) is 0 Å². The second-order valence-electron chi connectivity index (χ2n) is 5.38. The molecule has 0 spiro atoms. The molecule has 3 rings (SSSR count). The molecule has 0 saturated carbocycles. The number of aromatic nitrogens is 2. The molecule has 1 aliphatic rings. The van der Waals surface area contributed by atoms with Gasteiger partial charge in [-0.2, -0.15) is 0 Å². The number of alkyl halides is 1. The van der Waals surface area contributed by atoms with Crippen molar-refractivity contribution in [3.05, 3.63) is 54.0 Å². The van der Waals surface area contributed by atoms with E-state index in [1.54, 1.807) is 6.20 Å². The van der Waals surface area contributed by atoms with Crippen LogP contribution in [0.5, 0.6) is 0 Å². The molecule has 4 nitrogen and oxygen atoms in total. The number of hydrogen-bond acceptors (Lipinski definition) is 4. The molecule has 2 heterocycles. The molecule has 5 heteroatoms. The molecule has 1 unspecified atom stereocenters. The van der Waals surface area contributed by atoms with E-state index in [0.29, 0.717) is 11.9 Å². The fourth-order valence-corrected chi connectivity index (χ4v) is 2.88. The van der Waals surface area contributed by atoms with Crippen LogP contribution < -0.4 is 4.90 Å². The summed E-state index contributed by atoms with van der Waals surface area (Å²) in [6, 6.07) is 10.9. The predicted octanol–water partition coefficient (Wildman–Crippen LogP) is 2.71. The highest BCUT2D eigenvalue weighted by Gasteiger charge is 2.27. The number of piperazine rings is 1. The van der Waals surface area contributed by atoms with Gasteiger partial charge >= 0.3 is 0 Å². The molecule has 1 atom stereocenters. The summed E-state index contributed by atoms with van der Waals surface area (Å²) in [5.41, 5.74) is 2.13. The Labute approximate surface area is 130 Å². The minimum absolute atomic E-state index is 0.296. The minimum Gasteiger partial charge on any atom is -0.346 e. The lowest BCUT2D eigenvalue weighted by molar-refractivity contribution is 0.268. The second kappa shape index (κ2) is 6.41. The van der Waals surface area contributed by atoms with Gasteiger partial charge in [-0.3, -0.25) is 4.98 Å². The van der Waals surface area contributed by atoms with Gasteiger partial charge < -0.3 is 9.80 Å². The molecule has 0 amide bonds. The number of likely N-dealkylation sites (N-methyl/N-ethyl adjacent to an activating group) is 1.